The molecular weight excluding hydrogens is 432 g/mol. The van der Waals surface area contributed by atoms with Crippen LogP contribution in [-0.2, 0) is 6.54 Å². The monoisotopic (exact) mass is 446 g/mol. The molecule has 0 aliphatic rings. The summed E-state index contributed by atoms with van der Waals surface area (Å²) in [5.41, 5.74) is 1.03. The van der Waals surface area contributed by atoms with Crippen LogP contribution in [-0.4, -0.2) is 18.0 Å². The normalized spacial score (nSPS) is 11.0. The predicted molar refractivity (Wildman–Crippen MR) is 109 cm³/mol. The molecule has 31 heavy (non-hydrogen) atoms. The zero-order valence-corrected chi connectivity index (χ0v) is 16.8. The summed E-state index contributed by atoms with van der Waals surface area (Å²) in [5, 5.41) is 3.09. The SMILES string of the molecule is COc1c(F)c(F)c(C(=O)NCc2ccc(-c3nc4ccccc4s3)cc2)c(F)c1F. The van der Waals surface area contributed by atoms with Gasteiger partial charge in [-0.05, 0) is 17.7 Å². The summed E-state index contributed by atoms with van der Waals surface area (Å²) in [7, 11) is 0.859. The van der Waals surface area contributed by atoms with Gasteiger partial charge in [-0.3, -0.25) is 4.79 Å². The number of methoxy groups -OCH3 is 1. The van der Waals surface area contributed by atoms with E-state index < -0.39 is 40.5 Å². The Kier molecular flexibility index (Phi) is 5.60. The number of nitrogens with zero attached hydrogens (tertiary/aromatic N) is 1. The Morgan fingerprint density at radius 2 is 1.61 bits per heavy atom. The molecule has 0 unspecified atom stereocenters. The number of nitrogens with one attached hydrogen (secondary N) is 1. The number of thiazole rings is 1. The number of benzene rings is 3. The van der Waals surface area contributed by atoms with E-state index in [9.17, 15) is 22.4 Å². The predicted octanol–water partition coefficient (Wildman–Crippen LogP) is 5.46. The van der Waals surface area contributed by atoms with Gasteiger partial charge in [0.2, 0.25) is 11.6 Å². The van der Waals surface area contributed by atoms with Gasteiger partial charge in [-0.1, -0.05) is 36.4 Å². The summed E-state index contributed by atoms with van der Waals surface area (Å²) in [6.07, 6.45) is 0. The van der Waals surface area contributed by atoms with Crippen LogP contribution in [0.1, 0.15) is 15.9 Å². The molecule has 4 rings (SSSR count). The van der Waals surface area contributed by atoms with Crippen molar-refractivity contribution in [1.29, 1.82) is 0 Å². The second kappa shape index (κ2) is 8.35. The van der Waals surface area contributed by atoms with Crippen LogP contribution in [0.3, 0.4) is 0 Å². The molecular formula is C22H14F4N2O2S. The van der Waals surface area contributed by atoms with Crippen molar-refractivity contribution in [3.05, 3.63) is 82.9 Å². The maximum absolute atomic E-state index is 14.1. The van der Waals surface area contributed by atoms with Gasteiger partial charge in [-0.15, -0.1) is 11.3 Å². The summed E-state index contributed by atoms with van der Waals surface area (Å²) >= 11 is 1.54. The molecule has 0 atom stereocenters. The number of carbonyl (C=O) groups is 1. The molecule has 9 heteroatoms. The molecule has 1 aromatic heterocycles. The van der Waals surface area contributed by atoms with Gasteiger partial charge in [0.05, 0.1) is 17.3 Å². The van der Waals surface area contributed by atoms with Crippen molar-refractivity contribution in [1.82, 2.24) is 10.3 Å². The third kappa shape index (κ3) is 3.84. The number of halogens is 4. The molecule has 4 nitrogen and oxygen atoms in total. The molecule has 158 valence electrons. The van der Waals surface area contributed by atoms with Gasteiger partial charge in [-0.25, -0.2) is 13.8 Å². The molecule has 1 heterocycles. The molecule has 1 N–H and O–H groups in total. The first-order valence-electron chi connectivity index (χ1n) is 9.03. The number of carbonyl (C=O) groups excluding carboxylic acids is 1. The first-order chi connectivity index (χ1) is 14.9. The van der Waals surface area contributed by atoms with Crippen molar-refractivity contribution < 1.29 is 27.1 Å². The largest absolute Gasteiger partial charge is 0.491 e. The number of hydrogen-bond acceptors (Lipinski definition) is 4. The van der Waals surface area contributed by atoms with Crippen LogP contribution in [0.25, 0.3) is 20.8 Å². The number of amides is 1. The van der Waals surface area contributed by atoms with E-state index in [2.05, 4.69) is 15.0 Å². The zero-order chi connectivity index (χ0) is 22.1. The molecule has 0 radical (unpaired) electrons. The Hall–Kier alpha value is -3.46. The number of fused-ring (bicyclic) bond motifs is 1. The lowest BCUT2D eigenvalue weighted by Crippen LogP contribution is -2.26. The quantitative estimate of drug-likeness (QED) is 0.327. The van der Waals surface area contributed by atoms with Crippen molar-refractivity contribution in [2.45, 2.75) is 6.54 Å². The summed E-state index contributed by atoms with van der Waals surface area (Å²) in [6, 6.07) is 14.8. The van der Waals surface area contributed by atoms with E-state index in [4.69, 9.17) is 0 Å². The summed E-state index contributed by atoms with van der Waals surface area (Å²) in [5.74, 6) is -9.69. The number of rotatable bonds is 5. The molecule has 0 saturated carbocycles. The lowest BCUT2D eigenvalue weighted by molar-refractivity contribution is 0.0939. The lowest BCUT2D eigenvalue weighted by Gasteiger charge is -2.11. The van der Waals surface area contributed by atoms with Crippen molar-refractivity contribution >= 4 is 27.5 Å². The van der Waals surface area contributed by atoms with Gasteiger partial charge < -0.3 is 10.1 Å². The summed E-state index contributed by atoms with van der Waals surface area (Å²) < 4.78 is 61.1. The Bertz CT molecular complexity index is 1230. The van der Waals surface area contributed by atoms with E-state index in [0.717, 1.165) is 27.9 Å². The van der Waals surface area contributed by atoms with E-state index in [0.29, 0.717) is 5.56 Å². The maximum Gasteiger partial charge on any atom is 0.257 e. The van der Waals surface area contributed by atoms with Crippen molar-refractivity contribution in [2.75, 3.05) is 7.11 Å². The Balaban J connectivity index is 1.50. The van der Waals surface area contributed by atoms with Gasteiger partial charge in [0.25, 0.3) is 5.91 Å². The van der Waals surface area contributed by atoms with E-state index in [1.165, 1.54) is 11.3 Å². The highest BCUT2D eigenvalue weighted by molar-refractivity contribution is 7.21. The van der Waals surface area contributed by atoms with Gasteiger partial charge >= 0.3 is 0 Å². The number of aromatic nitrogens is 1. The first-order valence-corrected chi connectivity index (χ1v) is 9.85. The molecule has 0 bridgehead atoms. The van der Waals surface area contributed by atoms with E-state index in [-0.39, 0.29) is 6.54 Å². The molecule has 3 aromatic carbocycles. The van der Waals surface area contributed by atoms with E-state index >= 15 is 0 Å². The minimum absolute atomic E-state index is 0.104. The molecule has 0 saturated heterocycles. The van der Waals surface area contributed by atoms with Crippen LogP contribution in [0.4, 0.5) is 17.6 Å². The Morgan fingerprint density at radius 3 is 2.23 bits per heavy atom. The molecule has 0 fully saturated rings. The minimum Gasteiger partial charge on any atom is -0.491 e. The standard InChI is InChI=1S/C22H14F4N2O2S/c1-30-20-18(25)16(23)15(17(24)19(20)26)21(29)27-10-11-6-8-12(9-7-11)22-28-13-4-2-3-5-14(13)31-22/h2-9H,10H2,1H3,(H,27,29). The fourth-order valence-electron chi connectivity index (χ4n) is 3.02. The minimum atomic E-state index is -1.82. The fourth-order valence-corrected chi connectivity index (χ4v) is 3.99. The fraction of sp³-hybridized carbons (Fsp3) is 0.0909. The number of ether oxygens (including phenoxy) is 1. The van der Waals surface area contributed by atoms with E-state index in [1.807, 2.05) is 24.3 Å². The summed E-state index contributed by atoms with van der Waals surface area (Å²) in [6.45, 7) is -0.104. The molecule has 0 aliphatic carbocycles. The van der Waals surface area contributed by atoms with Gasteiger partial charge in [0.1, 0.15) is 10.6 Å². The summed E-state index contributed by atoms with van der Waals surface area (Å²) in [4.78, 5) is 16.7. The van der Waals surface area contributed by atoms with Crippen LogP contribution in [0.15, 0.2) is 48.5 Å². The number of para-hydroxylation sites is 1. The maximum atomic E-state index is 14.1. The molecule has 0 spiro atoms. The Morgan fingerprint density at radius 1 is 0.968 bits per heavy atom. The topological polar surface area (TPSA) is 51.2 Å². The third-order valence-electron chi connectivity index (χ3n) is 4.60. The van der Waals surface area contributed by atoms with E-state index in [1.54, 1.807) is 24.3 Å². The van der Waals surface area contributed by atoms with Crippen LogP contribution < -0.4 is 10.1 Å². The van der Waals surface area contributed by atoms with Crippen LogP contribution in [0.2, 0.25) is 0 Å². The van der Waals surface area contributed by atoms with Crippen molar-refractivity contribution in [3.8, 4) is 16.3 Å². The van der Waals surface area contributed by atoms with Crippen LogP contribution in [0, 0.1) is 23.3 Å². The highest BCUT2D eigenvalue weighted by Crippen LogP contribution is 2.31. The third-order valence-corrected chi connectivity index (χ3v) is 5.69. The molecule has 1 amide bonds. The Labute approximate surface area is 178 Å². The van der Waals surface area contributed by atoms with Crippen LogP contribution >= 0.6 is 11.3 Å². The van der Waals surface area contributed by atoms with Crippen LogP contribution in [0.5, 0.6) is 5.75 Å². The second-order valence-electron chi connectivity index (χ2n) is 6.53. The van der Waals surface area contributed by atoms with Gasteiger partial charge in [0.15, 0.2) is 17.4 Å². The first kappa shape index (κ1) is 20.8. The zero-order valence-electron chi connectivity index (χ0n) is 16.0. The average molecular weight is 446 g/mol. The second-order valence-corrected chi connectivity index (χ2v) is 7.56. The smallest absolute Gasteiger partial charge is 0.257 e. The highest BCUT2D eigenvalue weighted by Gasteiger charge is 2.30. The van der Waals surface area contributed by atoms with Gasteiger partial charge in [0, 0.05) is 12.1 Å². The average Bonchev–Trinajstić information content (AvgIpc) is 3.21. The van der Waals surface area contributed by atoms with Gasteiger partial charge in [-0.2, -0.15) is 8.78 Å². The molecule has 4 aromatic rings. The highest BCUT2D eigenvalue weighted by atomic mass is 32.1. The van der Waals surface area contributed by atoms with Crippen molar-refractivity contribution in [2.24, 2.45) is 0 Å². The van der Waals surface area contributed by atoms with Crippen molar-refractivity contribution in [3.63, 3.8) is 0 Å². The molecule has 0 aliphatic heterocycles. The lowest BCUT2D eigenvalue weighted by atomic mass is 10.1. The number of hydrogen-bond donors (Lipinski definition) is 1.